The summed E-state index contributed by atoms with van der Waals surface area (Å²) in [4.78, 5) is 22.4. The minimum absolute atomic E-state index is 0.0250. The van der Waals surface area contributed by atoms with E-state index in [0.717, 1.165) is 17.7 Å². The number of rotatable bonds is 6. The Morgan fingerprint density at radius 1 is 1.00 bits per heavy atom. The fourth-order valence-corrected chi connectivity index (χ4v) is 2.71. The van der Waals surface area contributed by atoms with Crippen molar-refractivity contribution >= 4 is 23.3 Å². The van der Waals surface area contributed by atoms with E-state index in [-0.39, 0.29) is 22.2 Å². The van der Waals surface area contributed by atoms with E-state index in [2.05, 4.69) is 10.2 Å². The lowest BCUT2D eigenvalue weighted by atomic mass is 10.1. The number of methoxy groups -OCH3 is 2. The van der Waals surface area contributed by atoms with Crippen LogP contribution in [0.2, 0.25) is 5.02 Å². The molecule has 0 N–H and O–H groups in total. The van der Waals surface area contributed by atoms with E-state index >= 15 is 0 Å². The number of nitro groups is 1. The summed E-state index contributed by atoms with van der Waals surface area (Å²) < 4.78 is 15.6. The summed E-state index contributed by atoms with van der Waals surface area (Å²) in [6, 6.07) is 11.8. The molecule has 0 bridgehead atoms. The molecule has 0 unspecified atom stereocenters. The molecular formula is C19H14ClN3O6. The molecule has 3 aromatic rings. The molecule has 0 aliphatic rings. The van der Waals surface area contributed by atoms with E-state index in [0.29, 0.717) is 17.2 Å². The van der Waals surface area contributed by atoms with Crippen LogP contribution in [0.4, 0.5) is 5.69 Å². The molecule has 0 atom stereocenters. The first-order chi connectivity index (χ1) is 13.9. The van der Waals surface area contributed by atoms with Crippen LogP contribution in [-0.2, 0) is 0 Å². The number of non-ortho nitro benzene ring substituents is 1. The zero-order chi connectivity index (χ0) is 21.0. The van der Waals surface area contributed by atoms with Gasteiger partial charge in [-0.3, -0.25) is 10.1 Å². The lowest BCUT2D eigenvalue weighted by Crippen LogP contribution is -2.10. The number of hydrogen-bond donors (Lipinski definition) is 0. The summed E-state index contributed by atoms with van der Waals surface area (Å²) in [6.07, 6.45) is 0. The first kappa shape index (κ1) is 20.0. The average Bonchev–Trinajstić information content (AvgIpc) is 2.73. The van der Waals surface area contributed by atoms with Crippen LogP contribution in [0.3, 0.4) is 0 Å². The molecule has 0 aliphatic heterocycles. The molecule has 2 aromatic carbocycles. The first-order valence-electron chi connectivity index (χ1n) is 8.15. The van der Waals surface area contributed by atoms with Crippen molar-refractivity contribution in [1.82, 2.24) is 10.2 Å². The highest BCUT2D eigenvalue weighted by Gasteiger charge is 2.17. The summed E-state index contributed by atoms with van der Waals surface area (Å²) >= 11 is 5.93. The van der Waals surface area contributed by atoms with Crippen molar-refractivity contribution in [3.63, 3.8) is 0 Å². The Hall–Kier alpha value is -3.72. The zero-order valence-corrected chi connectivity index (χ0v) is 16.0. The van der Waals surface area contributed by atoms with Crippen molar-refractivity contribution < 1.29 is 23.9 Å². The van der Waals surface area contributed by atoms with Crippen LogP contribution in [0.25, 0.3) is 11.3 Å². The maximum atomic E-state index is 12.3. The predicted octanol–water partition coefficient (Wildman–Crippen LogP) is 3.94. The van der Waals surface area contributed by atoms with Gasteiger partial charge in [0.25, 0.3) is 5.69 Å². The van der Waals surface area contributed by atoms with E-state index < -0.39 is 10.9 Å². The van der Waals surface area contributed by atoms with Crippen molar-refractivity contribution in [1.29, 1.82) is 0 Å². The molecule has 0 aliphatic carbocycles. The molecule has 9 nitrogen and oxygen atoms in total. The molecule has 0 saturated heterocycles. The second-order valence-corrected chi connectivity index (χ2v) is 6.04. The second kappa shape index (κ2) is 8.53. The average molecular weight is 416 g/mol. The second-order valence-electron chi connectivity index (χ2n) is 5.64. The van der Waals surface area contributed by atoms with Gasteiger partial charge in [0.1, 0.15) is 0 Å². The van der Waals surface area contributed by atoms with Crippen LogP contribution in [-0.4, -0.2) is 35.3 Å². The Kier molecular flexibility index (Phi) is 5.89. The molecule has 3 rings (SSSR count). The topological polar surface area (TPSA) is 114 Å². The maximum absolute atomic E-state index is 12.3. The molecule has 29 heavy (non-hydrogen) atoms. The fraction of sp³-hybridized carbons (Fsp3) is 0.105. The number of benzene rings is 2. The molecule has 1 heterocycles. The van der Waals surface area contributed by atoms with E-state index in [1.54, 1.807) is 24.3 Å². The van der Waals surface area contributed by atoms with Crippen LogP contribution in [0.1, 0.15) is 10.4 Å². The highest BCUT2D eigenvalue weighted by atomic mass is 35.5. The molecule has 0 spiro atoms. The maximum Gasteiger partial charge on any atom is 0.346 e. The standard InChI is InChI=1S/C19H14ClN3O6/c1-27-16-7-3-11(9-17(16)28-2)15-6-8-18(22-21-15)29-19(24)13-5-4-12(23(25)26)10-14(13)20/h3-10H,1-2H3. The molecule has 148 valence electrons. The van der Waals surface area contributed by atoms with Crippen molar-refractivity contribution in [2.24, 2.45) is 0 Å². The van der Waals surface area contributed by atoms with Gasteiger partial charge in [0.15, 0.2) is 11.5 Å². The highest BCUT2D eigenvalue weighted by molar-refractivity contribution is 6.33. The third-order valence-electron chi connectivity index (χ3n) is 3.90. The zero-order valence-electron chi connectivity index (χ0n) is 15.3. The number of aromatic nitrogens is 2. The summed E-state index contributed by atoms with van der Waals surface area (Å²) in [5, 5.41) is 18.6. The molecule has 0 fully saturated rings. The van der Waals surface area contributed by atoms with Crippen LogP contribution in [0.15, 0.2) is 48.5 Å². The smallest absolute Gasteiger partial charge is 0.346 e. The Balaban J connectivity index is 1.77. The summed E-state index contributed by atoms with van der Waals surface area (Å²) in [5.41, 5.74) is 0.999. The van der Waals surface area contributed by atoms with E-state index in [1.807, 2.05) is 0 Å². The molecular weight excluding hydrogens is 402 g/mol. The van der Waals surface area contributed by atoms with Gasteiger partial charge in [-0.05, 0) is 30.3 Å². The number of nitro benzene ring substituents is 1. The highest BCUT2D eigenvalue weighted by Crippen LogP contribution is 2.31. The normalized spacial score (nSPS) is 10.3. The van der Waals surface area contributed by atoms with Crippen molar-refractivity contribution in [2.45, 2.75) is 0 Å². The quantitative estimate of drug-likeness (QED) is 0.338. The largest absolute Gasteiger partial charge is 0.493 e. The minimum atomic E-state index is -0.807. The molecule has 0 amide bonds. The molecule has 0 saturated carbocycles. The van der Waals surface area contributed by atoms with Gasteiger partial charge in [0.2, 0.25) is 5.88 Å². The molecule has 1 aromatic heterocycles. The summed E-state index contributed by atoms with van der Waals surface area (Å²) in [7, 11) is 3.07. The number of nitrogens with zero attached hydrogens (tertiary/aromatic N) is 3. The lowest BCUT2D eigenvalue weighted by molar-refractivity contribution is -0.384. The van der Waals surface area contributed by atoms with Gasteiger partial charge in [-0.15, -0.1) is 10.2 Å². The van der Waals surface area contributed by atoms with Crippen LogP contribution >= 0.6 is 11.6 Å². The van der Waals surface area contributed by atoms with Crippen LogP contribution in [0, 0.1) is 10.1 Å². The Bertz CT molecular complexity index is 1070. The fourth-order valence-electron chi connectivity index (χ4n) is 2.46. The van der Waals surface area contributed by atoms with E-state index in [1.165, 1.54) is 26.4 Å². The van der Waals surface area contributed by atoms with Gasteiger partial charge in [-0.1, -0.05) is 11.6 Å². The number of esters is 1. The molecule has 10 heteroatoms. The van der Waals surface area contributed by atoms with Crippen molar-refractivity contribution in [3.05, 3.63) is 69.2 Å². The monoisotopic (exact) mass is 415 g/mol. The van der Waals surface area contributed by atoms with E-state index in [9.17, 15) is 14.9 Å². The number of hydrogen-bond acceptors (Lipinski definition) is 8. The predicted molar refractivity (Wildman–Crippen MR) is 104 cm³/mol. The first-order valence-corrected chi connectivity index (χ1v) is 8.53. The van der Waals surface area contributed by atoms with E-state index in [4.69, 9.17) is 25.8 Å². The Labute approximate surface area is 170 Å². The third kappa shape index (κ3) is 4.41. The van der Waals surface area contributed by atoms with Crippen LogP contribution in [0.5, 0.6) is 17.4 Å². The molecule has 0 radical (unpaired) electrons. The van der Waals surface area contributed by atoms with Crippen molar-refractivity contribution in [3.8, 4) is 28.6 Å². The minimum Gasteiger partial charge on any atom is -0.493 e. The summed E-state index contributed by atoms with van der Waals surface area (Å²) in [5.74, 6) is 0.261. The summed E-state index contributed by atoms with van der Waals surface area (Å²) in [6.45, 7) is 0. The third-order valence-corrected chi connectivity index (χ3v) is 4.21. The SMILES string of the molecule is COc1ccc(-c2ccc(OC(=O)c3ccc([N+](=O)[O-])cc3Cl)nn2)cc1OC. The van der Waals surface area contributed by atoms with Gasteiger partial charge in [-0.25, -0.2) is 4.79 Å². The van der Waals surface area contributed by atoms with Crippen LogP contribution < -0.4 is 14.2 Å². The number of ether oxygens (including phenoxy) is 3. The van der Waals surface area contributed by atoms with Gasteiger partial charge in [-0.2, -0.15) is 0 Å². The lowest BCUT2D eigenvalue weighted by Gasteiger charge is -2.09. The van der Waals surface area contributed by atoms with Gasteiger partial charge < -0.3 is 14.2 Å². The Morgan fingerprint density at radius 2 is 1.76 bits per heavy atom. The number of carbonyl (C=O) groups is 1. The van der Waals surface area contributed by atoms with Crippen molar-refractivity contribution in [2.75, 3.05) is 14.2 Å². The number of halogens is 1. The number of carbonyl (C=O) groups excluding carboxylic acids is 1. The van der Waals surface area contributed by atoms with Gasteiger partial charge in [0, 0.05) is 23.8 Å². The van der Waals surface area contributed by atoms with Gasteiger partial charge in [0.05, 0.1) is 35.4 Å². The Morgan fingerprint density at radius 3 is 2.34 bits per heavy atom. The van der Waals surface area contributed by atoms with Gasteiger partial charge >= 0.3 is 5.97 Å².